The summed E-state index contributed by atoms with van der Waals surface area (Å²) in [4.78, 5) is 24.6. The van der Waals surface area contributed by atoms with Gasteiger partial charge in [0.2, 0.25) is 5.91 Å². The molecular formula is C18H23NO4S. The van der Waals surface area contributed by atoms with Gasteiger partial charge in [0.05, 0.1) is 12.2 Å². The second kappa shape index (κ2) is 8.78. The summed E-state index contributed by atoms with van der Waals surface area (Å²) in [6.45, 7) is 4.51. The van der Waals surface area contributed by atoms with Gasteiger partial charge >= 0.3 is 5.97 Å². The maximum atomic E-state index is 12.6. The Morgan fingerprint density at radius 3 is 2.83 bits per heavy atom. The van der Waals surface area contributed by atoms with Gasteiger partial charge in [-0.25, -0.2) is 4.79 Å². The summed E-state index contributed by atoms with van der Waals surface area (Å²) in [5.41, 5.74) is 1.89. The molecule has 0 spiro atoms. The highest BCUT2D eigenvalue weighted by molar-refractivity contribution is 7.98. The van der Waals surface area contributed by atoms with Gasteiger partial charge in [-0.3, -0.25) is 4.79 Å². The zero-order valence-electron chi connectivity index (χ0n) is 14.3. The minimum absolute atomic E-state index is 0.107. The van der Waals surface area contributed by atoms with Crippen LogP contribution in [0.3, 0.4) is 0 Å². The van der Waals surface area contributed by atoms with Crippen molar-refractivity contribution in [1.29, 1.82) is 0 Å². The predicted octanol–water partition coefficient (Wildman–Crippen LogP) is 2.87. The summed E-state index contributed by atoms with van der Waals surface area (Å²) in [5, 5.41) is 2.75. The number of allylic oxidation sites excluding steroid dienone is 1. The Balaban J connectivity index is 2.36. The third-order valence-corrected chi connectivity index (χ3v) is 4.38. The van der Waals surface area contributed by atoms with E-state index in [1.165, 1.54) is 0 Å². The van der Waals surface area contributed by atoms with Gasteiger partial charge in [-0.15, -0.1) is 0 Å². The van der Waals surface area contributed by atoms with Crippen LogP contribution in [0.15, 0.2) is 35.5 Å². The first-order chi connectivity index (χ1) is 11.6. The Morgan fingerprint density at radius 1 is 1.38 bits per heavy atom. The number of hydrogen-bond acceptors (Lipinski definition) is 5. The fourth-order valence-electron chi connectivity index (χ4n) is 2.79. The Kier molecular flexibility index (Phi) is 6.73. The summed E-state index contributed by atoms with van der Waals surface area (Å²) in [5.74, 6) is 0.595. The Morgan fingerprint density at radius 2 is 2.12 bits per heavy atom. The first kappa shape index (κ1) is 18.4. The predicted molar refractivity (Wildman–Crippen MR) is 95.2 cm³/mol. The number of carbonyl (C=O) groups is 2. The molecule has 1 unspecified atom stereocenters. The van der Waals surface area contributed by atoms with E-state index < -0.39 is 0 Å². The molecule has 0 saturated carbocycles. The molecule has 0 saturated heterocycles. The molecule has 1 aromatic rings. The van der Waals surface area contributed by atoms with Gasteiger partial charge in [0, 0.05) is 29.4 Å². The van der Waals surface area contributed by atoms with Crippen molar-refractivity contribution < 1.29 is 19.1 Å². The largest absolute Gasteiger partial charge is 0.494 e. The number of amides is 1. The van der Waals surface area contributed by atoms with E-state index in [1.54, 1.807) is 18.7 Å². The number of ether oxygens (including phenoxy) is 2. The summed E-state index contributed by atoms with van der Waals surface area (Å²) in [7, 11) is 0. The van der Waals surface area contributed by atoms with Crippen molar-refractivity contribution in [1.82, 2.24) is 5.32 Å². The summed E-state index contributed by atoms with van der Waals surface area (Å²) < 4.78 is 11.0. The molecule has 1 aliphatic rings. The summed E-state index contributed by atoms with van der Waals surface area (Å²) in [6.07, 6.45) is 2.16. The van der Waals surface area contributed by atoms with Crippen LogP contribution in [0, 0.1) is 0 Å². The fraction of sp³-hybridized carbons (Fsp3) is 0.444. The molecule has 0 radical (unpaired) electrons. The second-order valence-corrected chi connectivity index (χ2v) is 6.43. The number of rotatable bonds is 7. The Bertz CT molecular complexity index is 642. The first-order valence-corrected chi connectivity index (χ1v) is 9.36. The van der Waals surface area contributed by atoms with E-state index in [0.717, 1.165) is 11.3 Å². The maximum Gasteiger partial charge on any atom is 0.336 e. The number of esters is 1. The molecule has 0 fully saturated rings. The fourth-order valence-corrected chi connectivity index (χ4v) is 3.04. The molecule has 1 aliphatic heterocycles. The van der Waals surface area contributed by atoms with Crippen LogP contribution in [0.25, 0.3) is 0 Å². The van der Waals surface area contributed by atoms with Crippen LogP contribution in [-0.2, 0) is 14.3 Å². The quantitative estimate of drug-likeness (QED) is 0.606. The molecule has 24 heavy (non-hydrogen) atoms. The number of hydrogen-bond donors (Lipinski definition) is 1. The van der Waals surface area contributed by atoms with E-state index in [0.29, 0.717) is 30.2 Å². The number of benzene rings is 1. The summed E-state index contributed by atoms with van der Waals surface area (Å²) in [6, 6.07) is 7.52. The average molecular weight is 349 g/mol. The molecule has 130 valence electrons. The number of thioether (sulfide) groups is 1. The van der Waals surface area contributed by atoms with E-state index >= 15 is 0 Å². The standard InChI is InChI=1S/C18H23NO4S/c1-4-22-15-8-6-5-7-13(15)14-11-16(20)19-12(2)17(14)18(21)23-9-10-24-3/h5-8,14H,4,9-11H2,1-3H3,(H,19,20). The minimum atomic E-state index is -0.377. The van der Waals surface area contributed by atoms with E-state index in [4.69, 9.17) is 9.47 Å². The van der Waals surface area contributed by atoms with Crippen molar-refractivity contribution >= 4 is 23.6 Å². The molecule has 1 heterocycles. The van der Waals surface area contributed by atoms with Crippen molar-refractivity contribution in [3.8, 4) is 5.75 Å². The average Bonchev–Trinajstić information content (AvgIpc) is 2.55. The highest BCUT2D eigenvalue weighted by Crippen LogP contribution is 2.38. The molecule has 0 aromatic heterocycles. The van der Waals surface area contributed by atoms with E-state index in [9.17, 15) is 9.59 Å². The SMILES string of the molecule is CCOc1ccccc1C1CC(=O)NC(C)=C1C(=O)OCCSC. The zero-order valence-corrected chi connectivity index (χ0v) is 15.1. The van der Waals surface area contributed by atoms with Gasteiger partial charge in [0.15, 0.2) is 0 Å². The van der Waals surface area contributed by atoms with Crippen molar-refractivity contribution in [2.24, 2.45) is 0 Å². The highest BCUT2D eigenvalue weighted by atomic mass is 32.2. The van der Waals surface area contributed by atoms with Crippen LogP contribution in [0.4, 0.5) is 0 Å². The lowest BCUT2D eigenvalue weighted by molar-refractivity contribution is -0.139. The van der Waals surface area contributed by atoms with Crippen molar-refractivity contribution in [3.05, 3.63) is 41.1 Å². The molecular weight excluding hydrogens is 326 g/mol. The molecule has 5 nitrogen and oxygen atoms in total. The minimum Gasteiger partial charge on any atom is -0.494 e. The van der Waals surface area contributed by atoms with Crippen molar-refractivity contribution in [3.63, 3.8) is 0 Å². The lowest BCUT2D eigenvalue weighted by Gasteiger charge is -2.27. The normalized spacial score (nSPS) is 17.5. The van der Waals surface area contributed by atoms with Crippen LogP contribution >= 0.6 is 11.8 Å². The van der Waals surface area contributed by atoms with Crippen LogP contribution in [0.1, 0.15) is 31.7 Å². The monoisotopic (exact) mass is 349 g/mol. The number of nitrogens with one attached hydrogen (secondary N) is 1. The van der Waals surface area contributed by atoms with E-state index in [2.05, 4.69) is 5.32 Å². The van der Waals surface area contributed by atoms with Gasteiger partial charge in [0.25, 0.3) is 0 Å². The molecule has 0 aliphatic carbocycles. The molecule has 1 atom stereocenters. The smallest absolute Gasteiger partial charge is 0.336 e. The van der Waals surface area contributed by atoms with Crippen LogP contribution in [-0.4, -0.2) is 37.1 Å². The molecule has 1 amide bonds. The van der Waals surface area contributed by atoms with Crippen LogP contribution < -0.4 is 10.1 Å². The lowest BCUT2D eigenvalue weighted by atomic mass is 9.84. The van der Waals surface area contributed by atoms with Gasteiger partial charge in [-0.05, 0) is 26.2 Å². The van der Waals surface area contributed by atoms with E-state index in [1.807, 2.05) is 37.4 Å². The molecule has 6 heteroatoms. The zero-order chi connectivity index (χ0) is 17.5. The van der Waals surface area contributed by atoms with Crippen molar-refractivity contribution in [2.45, 2.75) is 26.2 Å². The first-order valence-electron chi connectivity index (χ1n) is 7.96. The summed E-state index contributed by atoms with van der Waals surface area (Å²) >= 11 is 1.61. The van der Waals surface area contributed by atoms with Crippen LogP contribution in [0.2, 0.25) is 0 Å². The topological polar surface area (TPSA) is 64.6 Å². The number of carbonyl (C=O) groups excluding carboxylic acids is 2. The third kappa shape index (κ3) is 4.32. The number of para-hydroxylation sites is 1. The van der Waals surface area contributed by atoms with E-state index in [-0.39, 0.29) is 24.2 Å². The van der Waals surface area contributed by atoms with Gasteiger partial charge in [-0.1, -0.05) is 18.2 Å². The van der Waals surface area contributed by atoms with Crippen molar-refractivity contribution in [2.75, 3.05) is 25.2 Å². The van der Waals surface area contributed by atoms with Gasteiger partial charge in [-0.2, -0.15) is 11.8 Å². The van der Waals surface area contributed by atoms with Gasteiger partial charge in [0.1, 0.15) is 12.4 Å². The Hall–Kier alpha value is -1.95. The lowest BCUT2D eigenvalue weighted by Crippen LogP contribution is -2.34. The second-order valence-electron chi connectivity index (χ2n) is 5.44. The highest BCUT2D eigenvalue weighted by Gasteiger charge is 2.34. The molecule has 0 bridgehead atoms. The molecule has 1 aromatic carbocycles. The molecule has 2 rings (SSSR count). The van der Waals surface area contributed by atoms with Gasteiger partial charge < -0.3 is 14.8 Å². The molecule has 1 N–H and O–H groups in total. The Labute approximate surface area is 146 Å². The van der Waals surface area contributed by atoms with Crippen LogP contribution in [0.5, 0.6) is 5.75 Å². The maximum absolute atomic E-state index is 12.6. The third-order valence-electron chi connectivity index (χ3n) is 3.80.